The van der Waals surface area contributed by atoms with Gasteiger partial charge in [0.25, 0.3) is 0 Å². The highest BCUT2D eigenvalue weighted by molar-refractivity contribution is 5.67. The normalized spacial score (nSPS) is 26.5. The molecule has 1 amide bonds. The van der Waals surface area contributed by atoms with E-state index in [1.54, 1.807) is 27.7 Å². The van der Waals surface area contributed by atoms with Gasteiger partial charge in [-0.15, -0.1) is 20.4 Å². The third-order valence-electron chi connectivity index (χ3n) is 3.08. The summed E-state index contributed by atoms with van der Waals surface area (Å²) in [4.78, 5) is 24.9. The molecule has 1 atom stereocenters. The quantitative estimate of drug-likeness (QED) is 0.575. The molecule has 8 heteroatoms. The maximum Gasteiger partial charge on any atom is 0.396 e. The first-order chi connectivity index (χ1) is 7.57. The van der Waals surface area contributed by atoms with E-state index in [1.165, 1.54) is 0 Å². The molecule has 1 aliphatic rings. The minimum absolute atomic E-state index is 0.399. The zero-order valence-electron chi connectivity index (χ0n) is 10.2. The van der Waals surface area contributed by atoms with E-state index in [-0.39, 0.29) is 0 Å². The maximum absolute atomic E-state index is 12.0. The van der Waals surface area contributed by atoms with Gasteiger partial charge in [-0.2, -0.15) is 0 Å². The van der Waals surface area contributed by atoms with Gasteiger partial charge < -0.3 is 5.32 Å². The lowest BCUT2D eigenvalue weighted by molar-refractivity contribution is -0.727. The van der Waals surface area contributed by atoms with Crippen molar-refractivity contribution in [3.63, 3.8) is 0 Å². The summed E-state index contributed by atoms with van der Waals surface area (Å²) in [6.45, 7) is 6.85. The Morgan fingerprint density at radius 1 is 1.47 bits per heavy atom. The second-order valence-corrected chi connectivity index (χ2v) is 5.26. The van der Waals surface area contributed by atoms with Crippen LogP contribution in [0.1, 0.15) is 34.1 Å². The predicted octanol–water partition coefficient (Wildman–Crippen LogP) is 0.881. The van der Waals surface area contributed by atoms with Gasteiger partial charge in [0.15, 0.2) is 0 Å². The Bertz CT molecular complexity index is 342. The van der Waals surface area contributed by atoms with E-state index in [0.29, 0.717) is 6.42 Å². The number of hydrogen-bond acceptors (Lipinski definition) is 5. The number of carbonyl (C=O) groups excluding carboxylic acids is 1. The van der Waals surface area contributed by atoms with Crippen LogP contribution in [-0.2, 0) is 10.0 Å². The fourth-order valence-corrected chi connectivity index (χ4v) is 2.22. The van der Waals surface area contributed by atoms with E-state index in [0.717, 1.165) is 5.06 Å². The van der Waals surface area contributed by atoms with Crippen molar-refractivity contribution >= 4 is 6.09 Å². The monoisotopic (exact) mass is 246 g/mol. The molecule has 0 aromatic rings. The summed E-state index contributed by atoms with van der Waals surface area (Å²) in [6.07, 6.45) is -0.754. The SMILES string of the molecule is CC1(C)CC(NC(=O)O[N+](=O)[O-])C(C)(C)N1[O]. The van der Waals surface area contributed by atoms with Crippen LogP contribution in [0.4, 0.5) is 4.79 Å². The van der Waals surface area contributed by atoms with Crippen molar-refractivity contribution in [1.29, 1.82) is 0 Å². The molecule has 1 rings (SSSR count). The fourth-order valence-electron chi connectivity index (χ4n) is 2.22. The molecular formula is C9H16N3O5. The van der Waals surface area contributed by atoms with Crippen LogP contribution in [0, 0.1) is 10.1 Å². The Hall–Kier alpha value is -1.41. The molecule has 0 aliphatic carbocycles. The molecule has 0 spiro atoms. The highest BCUT2D eigenvalue weighted by Crippen LogP contribution is 2.39. The van der Waals surface area contributed by atoms with Crippen molar-refractivity contribution < 1.29 is 19.9 Å². The summed E-state index contributed by atoms with van der Waals surface area (Å²) >= 11 is 0. The predicted molar refractivity (Wildman–Crippen MR) is 55.7 cm³/mol. The highest BCUT2D eigenvalue weighted by Gasteiger charge is 2.53. The second kappa shape index (κ2) is 4.11. The molecule has 97 valence electrons. The number of rotatable bonds is 2. The summed E-state index contributed by atoms with van der Waals surface area (Å²) in [5.41, 5.74) is -1.46. The maximum atomic E-state index is 12.0. The minimum atomic E-state index is -1.18. The van der Waals surface area contributed by atoms with Gasteiger partial charge >= 0.3 is 11.2 Å². The number of hydroxylamine groups is 2. The summed E-state index contributed by atoms with van der Waals surface area (Å²) < 4.78 is 0. The van der Waals surface area contributed by atoms with E-state index in [9.17, 15) is 20.1 Å². The Labute approximate surface area is 98.6 Å². The molecule has 0 bridgehead atoms. The highest BCUT2D eigenvalue weighted by atomic mass is 17.0. The van der Waals surface area contributed by atoms with Crippen LogP contribution in [0.25, 0.3) is 0 Å². The zero-order valence-corrected chi connectivity index (χ0v) is 10.2. The first-order valence-corrected chi connectivity index (χ1v) is 5.17. The standard InChI is InChI=1S/C9H16N3O5/c1-8(2)5-6(9(3,4)11(8)14)10-7(13)17-12(15)16/h6H,5H2,1-4H3,(H,10,13). The van der Waals surface area contributed by atoms with Gasteiger partial charge in [0.05, 0.1) is 11.6 Å². The molecule has 0 aromatic carbocycles. The Kier molecular flexibility index (Phi) is 3.30. The average molecular weight is 246 g/mol. The molecule has 0 saturated carbocycles. The second-order valence-electron chi connectivity index (χ2n) is 5.26. The minimum Gasteiger partial charge on any atom is -0.328 e. The third-order valence-corrected chi connectivity index (χ3v) is 3.08. The van der Waals surface area contributed by atoms with Gasteiger partial charge in [-0.3, -0.25) is 0 Å². The number of hydrogen-bond donors (Lipinski definition) is 1. The van der Waals surface area contributed by atoms with Crippen LogP contribution in [0.5, 0.6) is 0 Å². The molecule has 1 unspecified atom stereocenters. The van der Waals surface area contributed by atoms with Crippen LogP contribution in [0.2, 0.25) is 0 Å². The first kappa shape index (κ1) is 13.7. The summed E-state index contributed by atoms with van der Waals surface area (Å²) in [5, 5.41) is 24.0. The van der Waals surface area contributed by atoms with Crippen molar-refractivity contribution in [3.8, 4) is 0 Å². The zero-order chi connectivity index (χ0) is 13.4. The third kappa shape index (κ3) is 2.64. The molecule has 1 heterocycles. The van der Waals surface area contributed by atoms with Gasteiger partial charge in [0.1, 0.15) is 0 Å². The molecule has 1 N–H and O–H groups in total. The molecule has 17 heavy (non-hydrogen) atoms. The lowest BCUT2D eigenvalue weighted by atomic mass is 9.94. The van der Waals surface area contributed by atoms with E-state index >= 15 is 0 Å². The first-order valence-electron chi connectivity index (χ1n) is 5.17. The number of amides is 1. The molecule has 0 aromatic heterocycles. The molecular weight excluding hydrogens is 230 g/mol. The molecule has 1 saturated heterocycles. The number of nitrogens with zero attached hydrogens (tertiary/aromatic N) is 2. The molecule has 1 radical (unpaired) electrons. The van der Waals surface area contributed by atoms with Crippen molar-refractivity contribution in [1.82, 2.24) is 10.4 Å². The van der Waals surface area contributed by atoms with Gasteiger partial charge in [-0.1, -0.05) is 0 Å². The van der Waals surface area contributed by atoms with Crippen LogP contribution < -0.4 is 5.32 Å². The average Bonchev–Trinajstić information content (AvgIpc) is 2.26. The lowest BCUT2D eigenvalue weighted by Crippen LogP contribution is -2.52. The largest absolute Gasteiger partial charge is 0.396 e. The van der Waals surface area contributed by atoms with E-state index < -0.39 is 28.3 Å². The van der Waals surface area contributed by atoms with Gasteiger partial charge in [-0.05, 0) is 34.1 Å². The topological polar surface area (TPSA) is 105 Å². The number of nitrogens with one attached hydrogen (secondary N) is 1. The summed E-state index contributed by atoms with van der Waals surface area (Å²) in [7, 11) is 0. The molecule has 1 fully saturated rings. The van der Waals surface area contributed by atoms with Crippen LogP contribution >= 0.6 is 0 Å². The van der Waals surface area contributed by atoms with Crippen LogP contribution in [0.3, 0.4) is 0 Å². The Morgan fingerprint density at radius 2 is 2.00 bits per heavy atom. The van der Waals surface area contributed by atoms with Crippen molar-refractivity contribution in [2.75, 3.05) is 0 Å². The van der Waals surface area contributed by atoms with Crippen molar-refractivity contribution in [3.05, 3.63) is 10.1 Å². The van der Waals surface area contributed by atoms with Crippen LogP contribution in [0.15, 0.2) is 0 Å². The smallest absolute Gasteiger partial charge is 0.328 e. The fraction of sp³-hybridized carbons (Fsp3) is 0.889. The van der Waals surface area contributed by atoms with Gasteiger partial charge in [-0.25, -0.2) is 9.63 Å². The summed E-state index contributed by atoms with van der Waals surface area (Å²) in [6, 6.07) is -0.498. The summed E-state index contributed by atoms with van der Waals surface area (Å²) in [5.74, 6) is 0. The van der Waals surface area contributed by atoms with E-state index in [1.807, 2.05) is 0 Å². The Morgan fingerprint density at radius 3 is 2.35 bits per heavy atom. The van der Waals surface area contributed by atoms with E-state index in [4.69, 9.17) is 0 Å². The lowest BCUT2D eigenvalue weighted by Gasteiger charge is -2.33. The van der Waals surface area contributed by atoms with Crippen molar-refractivity contribution in [2.24, 2.45) is 0 Å². The van der Waals surface area contributed by atoms with E-state index in [2.05, 4.69) is 10.2 Å². The Balaban J connectivity index is 2.73. The van der Waals surface area contributed by atoms with Crippen LogP contribution in [-0.4, -0.2) is 33.4 Å². The van der Waals surface area contributed by atoms with Crippen molar-refractivity contribution in [2.45, 2.75) is 51.2 Å². The number of carbonyl (C=O) groups is 1. The van der Waals surface area contributed by atoms with Gasteiger partial charge in [0, 0.05) is 5.54 Å². The van der Waals surface area contributed by atoms with Gasteiger partial charge in [0.2, 0.25) is 0 Å². The molecule has 1 aliphatic heterocycles. The molecule has 8 nitrogen and oxygen atoms in total.